The van der Waals surface area contributed by atoms with Gasteiger partial charge in [-0.1, -0.05) is 78.3 Å². The van der Waals surface area contributed by atoms with E-state index in [-0.39, 0.29) is 24.5 Å². The molecule has 0 aromatic heterocycles. The molecule has 0 bridgehead atoms. The van der Waals surface area contributed by atoms with Gasteiger partial charge < -0.3 is 15.0 Å². The number of nitrogens with one attached hydrogen (secondary N) is 1. The van der Waals surface area contributed by atoms with E-state index < -0.39 is 6.04 Å². The van der Waals surface area contributed by atoms with Gasteiger partial charge in [0.25, 0.3) is 5.91 Å². The van der Waals surface area contributed by atoms with Crippen LogP contribution < -0.4 is 10.1 Å². The maximum absolute atomic E-state index is 13.4. The summed E-state index contributed by atoms with van der Waals surface area (Å²) in [7, 11) is 0. The number of hydrogen-bond donors (Lipinski definition) is 1. The molecule has 5 nitrogen and oxygen atoms in total. The van der Waals surface area contributed by atoms with Crippen LogP contribution in [-0.2, 0) is 22.6 Å². The van der Waals surface area contributed by atoms with Crippen molar-refractivity contribution in [2.45, 2.75) is 38.9 Å². The van der Waals surface area contributed by atoms with Gasteiger partial charge in [-0.2, -0.15) is 0 Å². The Balaban J connectivity index is 1.88. The first-order valence-corrected chi connectivity index (χ1v) is 11.4. The number of rotatable bonds is 10. The molecule has 0 unspecified atom stereocenters. The molecule has 3 aromatic carbocycles. The van der Waals surface area contributed by atoms with E-state index in [9.17, 15) is 9.59 Å². The summed E-state index contributed by atoms with van der Waals surface area (Å²) in [6.07, 6.45) is 0.398. The average Bonchev–Trinajstić information content (AvgIpc) is 2.80. The van der Waals surface area contributed by atoms with E-state index in [0.717, 1.165) is 11.1 Å². The fraction of sp³-hybridized carbons (Fsp3) is 0.259. The number of carbonyl (C=O) groups is 2. The number of hydrogen-bond acceptors (Lipinski definition) is 3. The zero-order valence-electron chi connectivity index (χ0n) is 18.9. The molecule has 1 atom stereocenters. The van der Waals surface area contributed by atoms with E-state index in [1.54, 1.807) is 29.2 Å². The van der Waals surface area contributed by atoms with Crippen molar-refractivity contribution >= 4 is 23.4 Å². The van der Waals surface area contributed by atoms with Gasteiger partial charge in [-0.3, -0.25) is 9.59 Å². The normalized spacial score (nSPS) is 11.6. The Hall–Kier alpha value is -3.31. The first kappa shape index (κ1) is 24.3. The molecule has 3 aromatic rings. The van der Waals surface area contributed by atoms with E-state index in [4.69, 9.17) is 16.3 Å². The van der Waals surface area contributed by atoms with Crippen molar-refractivity contribution in [2.75, 3.05) is 6.61 Å². The summed E-state index contributed by atoms with van der Waals surface area (Å²) >= 11 is 6.03. The molecule has 0 aliphatic carbocycles. The summed E-state index contributed by atoms with van der Waals surface area (Å²) in [5.41, 5.74) is 1.91. The van der Waals surface area contributed by atoms with Crippen molar-refractivity contribution in [2.24, 2.45) is 0 Å². The quantitative estimate of drug-likeness (QED) is 0.465. The summed E-state index contributed by atoms with van der Waals surface area (Å²) in [4.78, 5) is 28.3. The van der Waals surface area contributed by atoms with Crippen LogP contribution >= 0.6 is 11.6 Å². The highest BCUT2D eigenvalue weighted by Crippen LogP contribution is 2.19. The van der Waals surface area contributed by atoms with Crippen molar-refractivity contribution < 1.29 is 14.3 Å². The van der Waals surface area contributed by atoms with Crippen molar-refractivity contribution in [1.29, 1.82) is 0 Å². The Morgan fingerprint density at radius 3 is 2.15 bits per heavy atom. The molecular weight excluding hydrogens is 436 g/mol. The summed E-state index contributed by atoms with van der Waals surface area (Å²) in [6, 6.07) is 25.5. The molecule has 0 spiro atoms. The van der Waals surface area contributed by atoms with Crippen molar-refractivity contribution in [1.82, 2.24) is 10.2 Å². The second-order valence-electron chi connectivity index (χ2n) is 8.12. The molecule has 3 rings (SSSR count). The molecule has 2 amide bonds. The molecular formula is C27H29ClN2O3. The number of amides is 2. The molecule has 172 valence electrons. The fourth-order valence-corrected chi connectivity index (χ4v) is 3.68. The first-order chi connectivity index (χ1) is 15.9. The van der Waals surface area contributed by atoms with Crippen molar-refractivity contribution in [3.05, 3.63) is 101 Å². The van der Waals surface area contributed by atoms with Crippen molar-refractivity contribution in [3.63, 3.8) is 0 Å². The van der Waals surface area contributed by atoms with Gasteiger partial charge in [0.15, 0.2) is 6.61 Å². The van der Waals surface area contributed by atoms with Crippen LogP contribution in [0.2, 0.25) is 5.02 Å². The molecule has 0 aliphatic heterocycles. The first-order valence-electron chi connectivity index (χ1n) is 11.0. The second kappa shape index (κ2) is 12.1. The van der Waals surface area contributed by atoms with E-state index in [2.05, 4.69) is 5.32 Å². The van der Waals surface area contributed by atoms with E-state index in [0.29, 0.717) is 23.7 Å². The lowest BCUT2D eigenvalue weighted by atomic mass is 10.0. The summed E-state index contributed by atoms with van der Waals surface area (Å²) < 4.78 is 5.72. The van der Waals surface area contributed by atoms with Crippen LogP contribution in [0.15, 0.2) is 84.9 Å². The number of nitrogens with zero attached hydrogens (tertiary/aromatic N) is 1. The third-order valence-electron chi connectivity index (χ3n) is 5.06. The van der Waals surface area contributed by atoms with Gasteiger partial charge in [-0.15, -0.1) is 0 Å². The smallest absolute Gasteiger partial charge is 0.261 e. The number of halogens is 1. The number of ether oxygens (including phenoxy) is 1. The van der Waals surface area contributed by atoms with Crippen LogP contribution in [0.25, 0.3) is 0 Å². The summed E-state index contributed by atoms with van der Waals surface area (Å²) in [6.45, 7) is 3.90. The lowest BCUT2D eigenvalue weighted by Crippen LogP contribution is -2.52. The predicted molar refractivity (Wildman–Crippen MR) is 131 cm³/mol. The van der Waals surface area contributed by atoms with Crippen LogP contribution in [0, 0.1) is 0 Å². The standard InChI is InChI=1S/C27H29ClN2O3/c1-20(2)29-27(32)25(16-21-10-5-3-6-11-21)30(18-22-12-7-4-8-13-22)26(31)19-33-24-15-9-14-23(28)17-24/h3-15,17,20,25H,16,18-19H2,1-2H3,(H,29,32)/t25-/m0/s1. The van der Waals surface area contributed by atoms with E-state index in [1.165, 1.54) is 0 Å². The Morgan fingerprint density at radius 2 is 1.55 bits per heavy atom. The van der Waals surface area contributed by atoms with Gasteiger partial charge in [0, 0.05) is 24.0 Å². The molecule has 6 heteroatoms. The largest absolute Gasteiger partial charge is 0.484 e. The maximum Gasteiger partial charge on any atom is 0.261 e. The lowest BCUT2D eigenvalue weighted by molar-refractivity contribution is -0.143. The van der Waals surface area contributed by atoms with Gasteiger partial charge in [0.05, 0.1) is 0 Å². The fourth-order valence-electron chi connectivity index (χ4n) is 3.50. The third-order valence-corrected chi connectivity index (χ3v) is 5.29. The SMILES string of the molecule is CC(C)NC(=O)[C@H](Cc1ccccc1)N(Cc1ccccc1)C(=O)COc1cccc(Cl)c1. The highest BCUT2D eigenvalue weighted by atomic mass is 35.5. The highest BCUT2D eigenvalue weighted by molar-refractivity contribution is 6.30. The zero-order chi connectivity index (χ0) is 23.6. The van der Waals surface area contributed by atoms with Crippen LogP contribution in [0.4, 0.5) is 0 Å². The molecule has 0 radical (unpaired) electrons. The molecule has 0 saturated heterocycles. The number of carbonyl (C=O) groups excluding carboxylic acids is 2. The Bertz CT molecular complexity index is 1040. The van der Waals surface area contributed by atoms with E-state index in [1.807, 2.05) is 74.5 Å². The minimum atomic E-state index is -0.689. The predicted octanol–water partition coefficient (Wildman–Crippen LogP) is 4.88. The lowest BCUT2D eigenvalue weighted by Gasteiger charge is -2.32. The average molecular weight is 465 g/mol. The highest BCUT2D eigenvalue weighted by Gasteiger charge is 2.31. The number of benzene rings is 3. The summed E-state index contributed by atoms with van der Waals surface area (Å²) in [5.74, 6) is 0.0290. The molecule has 0 aliphatic rings. The van der Waals surface area contributed by atoms with Crippen molar-refractivity contribution in [3.8, 4) is 5.75 Å². The minimum absolute atomic E-state index is 0.0489. The van der Waals surface area contributed by atoms with Gasteiger partial charge in [-0.05, 0) is 43.2 Å². The zero-order valence-corrected chi connectivity index (χ0v) is 19.7. The second-order valence-corrected chi connectivity index (χ2v) is 8.56. The molecule has 1 N–H and O–H groups in total. The Labute approximate surface area is 200 Å². The van der Waals surface area contributed by atoms with Crippen LogP contribution in [0.5, 0.6) is 5.75 Å². The molecule has 0 saturated carbocycles. The maximum atomic E-state index is 13.4. The Morgan fingerprint density at radius 1 is 0.909 bits per heavy atom. The van der Waals surface area contributed by atoms with Gasteiger partial charge in [-0.25, -0.2) is 0 Å². The summed E-state index contributed by atoms with van der Waals surface area (Å²) in [5, 5.41) is 3.50. The monoisotopic (exact) mass is 464 g/mol. The third kappa shape index (κ3) is 7.65. The minimum Gasteiger partial charge on any atom is -0.484 e. The van der Waals surface area contributed by atoms with E-state index >= 15 is 0 Å². The van der Waals surface area contributed by atoms with Crippen LogP contribution in [-0.4, -0.2) is 35.4 Å². The Kier molecular flexibility index (Phi) is 8.90. The van der Waals surface area contributed by atoms with Gasteiger partial charge >= 0.3 is 0 Å². The van der Waals surface area contributed by atoms with Crippen LogP contribution in [0.1, 0.15) is 25.0 Å². The molecule has 0 heterocycles. The molecule has 33 heavy (non-hydrogen) atoms. The topological polar surface area (TPSA) is 58.6 Å². The molecule has 0 fully saturated rings. The van der Waals surface area contributed by atoms with Crippen LogP contribution in [0.3, 0.4) is 0 Å². The van der Waals surface area contributed by atoms with Gasteiger partial charge in [0.1, 0.15) is 11.8 Å². The van der Waals surface area contributed by atoms with Gasteiger partial charge in [0.2, 0.25) is 5.91 Å².